The molecule has 1 saturated heterocycles. The van der Waals surface area contributed by atoms with E-state index in [-0.39, 0.29) is 23.2 Å². The van der Waals surface area contributed by atoms with Crippen molar-refractivity contribution in [2.75, 3.05) is 0 Å². The van der Waals surface area contributed by atoms with Crippen molar-refractivity contribution >= 4 is 29.3 Å². The molecular weight excluding hydrogens is 358 g/mol. The van der Waals surface area contributed by atoms with Crippen LogP contribution in [0.15, 0.2) is 33.9 Å². The molecule has 25 heavy (non-hydrogen) atoms. The normalized spacial score (nSPS) is 22.0. The van der Waals surface area contributed by atoms with Gasteiger partial charge in [0, 0.05) is 22.7 Å². The number of nitrogens with zero attached hydrogens (tertiary/aromatic N) is 3. The van der Waals surface area contributed by atoms with Crippen LogP contribution in [0.5, 0.6) is 0 Å². The van der Waals surface area contributed by atoms with E-state index in [0.717, 1.165) is 18.4 Å². The molecule has 2 heterocycles. The molecule has 3 atom stereocenters. The molecule has 1 aliphatic heterocycles. The molecule has 0 unspecified atom stereocenters. The van der Waals surface area contributed by atoms with Gasteiger partial charge < -0.3 is 9.32 Å². The monoisotopic (exact) mass is 379 g/mol. The van der Waals surface area contributed by atoms with Gasteiger partial charge in [0.2, 0.25) is 11.8 Å². The molecule has 134 valence electrons. The first-order valence-electron chi connectivity index (χ1n) is 8.54. The first kappa shape index (κ1) is 18.3. The molecule has 0 bridgehead atoms. The second-order valence-corrected chi connectivity index (χ2v) is 8.24. The van der Waals surface area contributed by atoms with Crippen LogP contribution in [0.25, 0.3) is 11.5 Å². The van der Waals surface area contributed by atoms with Crippen LogP contribution in [0.1, 0.15) is 40.0 Å². The minimum atomic E-state index is -0.262. The number of piperidine rings is 1. The van der Waals surface area contributed by atoms with E-state index in [9.17, 15) is 4.79 Å². The summed E-state index contributed by atoms with van der Waals surface area (Å²) in [7, 11) is 0. The molecule has 1 aromatic carbocycles. The molecule has 1 amide bonds. The highest BCUT2D eigenvalue weighted by molar-refractivity contribution is 8.00. The minimum Gasteiger partial charge on any atom is -0.411 e. The number of thioether (sulfide) groups is 1. The molecule has 0 aliphatic carbocycles. The molecule has 1 aromatic heterocycles. The third-order valence-corrected chi connectivity index (χ3v) is 5.74. The highest BCUT2D eigenvalue weighted by atomic mass is 35.5. The summed E-state index contributed by atoms with van der Waals surface area (Å²) in [5, 5.41) is 8.93. The Labute approximate surface area is 157 Å². The summed E-state index contributed by atoms with van der Waals surface area (Å²) in [5.74, 6) is 0.564. The van der Waals surface area contributed by atoms with Gasteiger partial charge in [0.05, 0.1) is 5.25 Å². The average Bonchev–Trinajstić information content (AvgIpc) is 3.03. The quantitative estimate of drug-likeness (QED) is 0.723. The van der Waals surface area contributed by atoms with Crippen molar-refractivity contribution in [2.24, 2.45) is 0 Å². The summed E-state index contributed by atoms with van der Waals surface area (Å²) in [6.45, 7) is 6.14. The number of rotatable bonds is 4. The largest absolute Gasteiger partial charge is 0.411 e. The Morgan fingerprint density at radius 1 is 1.24 bits per heavy atom. The van der Waals surface area contributed by atoms with Gasteiger partial charge in [-0.2, -0.15) is 0 Å². The van der Waals surface area contributed by atoms with Gasteiger partial charge >= 0.3 is 0 Å². The van der Waals surface area contributed by atoms with Crippen LogP contribution in [0.4, 0.5) is 0 Å². The van der Waals surface area contributed by atoms with Gasteiger partial charge in [-0.1, -0.05) is 23.4 Å². The highest BCUT2D eigenvalue weighted by Gasteiger charge is 2.32. The number of hydrogen-bond acceptors (Lipinski definition) is 5. The standard InChI is InChI=1S/C18H22ClN3O2S/c1-11-5-4-6-12(2)22(11)17(23)13(3)25-18-21-20-16(24-18)14-7-9-15(19)10-8-14/h7-13H,4-6H2,1-3H3/t11-,12-,13-/m1/s1. The number of benzene rings is 1. The summed E-state index contributed by atoms with van der Waals surface area (Å²) >= 11 is 7.20. The van der Waals surface area contributed by atoms with E-state index in [1.807, 2.05) is 24.0 Å². The SMILES string of the molecule is C[C@@H]1CCC[C@@H](C)N1C(=O)[C@@H](C)Sc1nnc(-c2ccc(Cl)cc2)o1. The number of halogens is 1. The molecule has 3 rings (SSSR count). The van der Waals surface area contributed by atoms with Crippen LogP contribution in [-0.4, -0.2) is 38.3 Å². The van der Waals surface area contributed by atoms with E-state index in [2.05, 4.69) is 24.0 Å². The lowest BCUT2D eigenvalue weighted by molar-refractivity contribution is -0.136. The Morgan fingerprint density at radius 2 is 1.88 bits per heavy atom. The highest BCUT2D eigenvalue weighted by Crippen LogP contribution is 2.30. The van der Waals surface area contributed by atoms with E-state index in [1.165, 1.54) is 18.2 Å². The van der Waals surface area contributed by atoms with Gasteiger partial charge in [-0.25, -0.2) is 0 Å². The van der Waals surface area contributed by atoms with Gasteiger partial charge in [-0.05, 0) is 64.3 Å². The third kappa shape index (κ3) is 4.18. The lowest BCUT2D eigenvalue weighted by Crippen LogP contribution is -2.50. The zero-order valence-electron chi connectivity index (χ0n) is 14.6. The predicted octanol–water partition coefficient (Wildman–Crippen LogP) is 4.66. The molecule has 0 saturated carbocycles. The zero-order valence-corrected chi connectivity index (χ0v) is 16.2. The van der Waals surface area contributed by atoms with E-state index in [4.69, 9.17) is 16.0 Å². The van der Waals surface area contributed by atoms with Crippen molar-refractivity contribution in [3.63, 3.8) is 0 Å². The van der Waals surface area contributed by atoms with E-state index in [0.29, 0.717) is 16.1 Å². The summed E-state index contributed by atoms with van der Waals surface area (Å²) in [4.78, 5) is 14.8. The minimum absolute atomic E-state index is 0.135. The van der Waals surface area contributed by atoms with Crippen molar-refractivity contribution < 1.29 is 9.21 Å². The third-order valence-electron chi connectivity index (χ3n) is 4.57. The van der Waals surface area contributed by atoms with Gasteiger partial charge in [-0.15, -0.1) is 10.2 Å². The van der Waals surface area contributed by atoms with Crippen LogP contribution < -0.4 is 0 Å². The average molecular weight is 380 g/mol. The number of carbonyl (C=O) groups is 1. The first-order chi connectivity index (χ1) is 12.0. The fourth-order valence-corrected chi connectivity index (χ4v) is 4.10. The second-order valence-electron chi connectivity index (χ2n) is 6.51. The topological polar surface area (TPSA) is 59.2 Å². The number of aromatic nitrogens is 2. The number of carbonyl (C=O) groups excluding carboxylic acids is 1. The zero-order chi connectivity index (χ0) is 18.0. The molecule has 0 spiro atoms. The van der Waals surface area contributed by atoms with Crippen LogP contribution in [0.3, 0.4) is 0 Å². The van der Waals surface area contributed by atoms with Crippen molar-refractivity contribution in [3.8, 4) is 11.5 Å². The Kier molecular flexibility index (Phi) is 5.69. The van der Waals surface area contributed by atoms with E-state index in [1.54, 1.807) is 12.1 Å². The second kappa shape index (κ2) is 7.79. The maximum absolute atomic E-state index is 12.8. The predicted molar refractivity (Wildman–Crippen MR) is 99.7 cm³/mol. The van der Waals surface area contributed by atoms with Gasteiger partial charge in [0.15, 0.2) is 0 Å². The summed E-state index contributed by atoms with van der Waals surface area (Å²) in [5.41, 5.74) is 0.806. The fraction of sp³-hybridized carbons (Fsp3) is 0.500. The summed E-state index contributed by atoms with van der Waals surface area (Å²) in [6, 6.07) is 7.78. The van der Waals surface area contributed by atoms with Crippen LogP contribution in [0, 0.1) is 0 Å². The van der Waals surface area contributed by atoms with Crippen LogP contribution in [-0.2, 0) is 4.79 Å². The smallest absolute Gasteiger partial charge is 0.277 e. The fourth-order valence-electron chi connectivity index (χ4n) is 3.23. The van der Waals surface area contributed by atoms with Gasteiger partial charge in [0.25, 0.3) is 5.22 Å². The van der Waals surface area contributed by atoms with Crippen LogP contribution >= 0.6 is 23.4 Å². The Hall–Kier alpha value is -1.53. The van der Waals surface area contributed by atoms with E-state index < -0.39 is 0 Å². The molecule has 1 fully saturated rings. The molecule has 0 N–H and O–H groups in total. The summed E-state index contributed by atoms with van der Waals surface area (Å²) < 4.78 is 5.70. The van der Waals surface area contributed by atoms with Crippen molar-refractivity contribution in [2.45, 2.75) is 62.6 Å². The Bertz CT molecular complexity index is 724. The number of amides is 1. The lowest BCUT2D eigenvalue weighted by Gasteiger charge is -2.40. The molecular formula is C18H22ClN3O2S. The molecule has 7 heteroatoms. The maximum Gasteiger partial charge on any atom is 0.277 e. The molecule has 2 aromatic rings. The molecule has 1 aliphatic rings. The Morgan fingerprint density at radius 3 is 2.52 bits per heavy atom. The lowest BCUT2D eigenvalue weighted by atomic mass is 9.97. The van der Waals surface area contributed by atoms with Gasteiger partial charge in [0.1, 0.15) is 0 Å². The molecule has 5 nitrogen and oxygen atoms in total. The first-order valence-corrected chi connectivity index (χ1v) is 9.79. The van der Waals surface area contributed by atoms with Crippen molar-refractivity contribution in [1.82, 2.24) is 15.1 Å². The maximum atomic E-state index is 12.8. The van der Waals surface area contributed by atoms with Crippen molar-refractivity contribution in [1.29, 1.82) is 0 Å². The summed E-state index contributed by atoms with van der Waals surface area (Å²) in [6.07, 6.45) is 3.31. The van der Waals surface area contributed by atoms with Crippen LogP contribution in [0.2, 0.25) is 5.02 Å². The van der Waals surface area contributed by atoms with Crippen molar-refractivity contribution in [3.05, 3.63) is 29.3 Å². The van der Waals surface area contributed by atoms with E-state index >= 15 is 0 Å². The molecule has 0 radical (unpaired) electrons. The van der Waals surface area contributed by atoms with Gasteiger partial charge in [-0.3, -0.25) is 4.79 Å². The number of hydrogen-bond donors (Lipinski definition) is 0. The Balaban J connectivity index is 1.67. The number of likely N-dealkylation sites (tertiary alicyclic amines) is 1.